The maximum Gasteiger partial charge on any atom is 0.341 e. The smallest absolute Gasteiger partial charge is 0.341 e. The van der Waals surface area contributed by atoms with E-state index in [9.17, 15) is 9.90 Å². The Kier molecular flexibility index (Phi) is 14.6. The van der Waals surface area contributed by atoms with Crippen molar-refractivity contribution in [3.63, 3.8) is 0 Å². The summed E-state index contributed by atoms with van der Waals surface area (Å²) in [6.45, 7) is 6.61. The van der Waals surface area contributed by atoms with Crippen LogP contribution in [0.3, 0.4) is 0 Å². The minimum absolute atomic E-state index is 0. The number of carboxylic acids is 1. The Hall–Kier alpha value is 0.562. The SMILES string of the molecule is CCCC[P+](CCCC)(CCCC)CC(=O)O.[Pd]. The van der Waals surface area contributed by atoms with E-state index in [1.807, 2.05) is 0 Å². The van der Waals surface area contributed by atoms with E-state index < -0.39 is 13.2 Å². The van der Waals surface area contributed by atoms with Crippen molar-refractivity contribution in [2.45, 2.75) is 59.3 Å². The molecule has 0 aliphatic rings. The number of hydrogen-bond donors (Lipinski definition) is 1. The molecule has 0 aromatic carbocycles. The van der Waals surface area contributed by atoms with E-state index in [4.69, 9.17) is 0 Å². The summed E-state index contributed by atoms with van der Waals surface area (Å²) >= 11 is 0. The monoisotopic (exact) mass is 367 g/mol. The van der Waals surface area contributed by atoms with Crippen molar-refractivity contribution in [2.75, 3.05) is 24.6 Å². The van der Waals surface area contributed by atoms with Gasteiger partial charge in [0.05, 0.1) is 18.5 Å². The van der Waals surface area contributed by atoms with Crippen LogP contribution in [0.5, 0.6) is 0 Å². The maximum atomic E-state index is 11.1. The van der Waals surface area contributed by atoms with Gasteiger partial charge in [-0.25, -0.2) is 4.79 Å². The van der Waals surface area contributed by atoms with Crippen LogP contribution < -0.4 is 0 Å². The van der Waals surface area contributed by atoms with E-state index in [2.05, 4.69) is 20.8 Å². The Bertz CT molecular complexity index is 188. The summed E-state index contributed by atoms with van der Waals surface area (Å²) in [5, 5.41) is 9.17. The predicted molar refractivity (Wildman–Crippen MR) is 78.7 cm³/mol. The number of unbranched alkanes of at least 4 members (excludes halogenated alkanes) is 3. The summed E-state index contributed by atoms with van der Waals surface area (Å²) in [5.41, 5.74) is 0. The van der Waals surface area contributed by atoms with Gasteiger partial charge in [0.1, 0.15) is 0 Å². The largest absolute Gasteiger partial charge is 0.479 e. The van der Waals surface area contributed by atoms with Crippen LogP contribution in [0.4, 0.5) is 0 Å². The van der Waals surface area contributed by atoms with Crippen molar-refractivity contribution in [1.29, 1.82) is 0 Å². The zero-order valence-corrected chi connectivity index (χ0v) is 14.6. The minimum Gasteiger partial charge on any atom is -0.479 e. The van der Waals surface area contributed by atoms with Crippen LogP contribution in [0.15, 0.2) is 0 Å². The molecule has 0 saturated heterocycles. The molecule has 0 aromatic rings. The number of aliphatic carboxylic acids is 1. The minimum atomic E-state index is -1.20. The fraction of sp³-hybridized carbons (Fsp3) is 0.929. The number of rotatable bonds is 11. The number of hydrogen-bond acceptors (Lipinski definition) is 1. The molecule has 0 fully saturated rings. The number of carboxylic acid groups (broad SMARTS) is 1. The van der Waals surface area contributed by atoms with Gasteiger partial charge in [-0.1, -0.05) is 40.0 Å². The molecule has 18 heavy (non-hydrogen) atoms. The molecule has 0 spiro atoms. The first-order valence-electron chi connectivity index (χ1n) is 7.17. The van der Waals surface area contributed by atoms with Gasteiger partial charge in [-0.2, -0.15) is 0 Å². The van der Waals surface area contributed by atoms with Gasteiger partial charge in [0.25, 0.3) is 0 Å². The molecule has 0 atom stereocenters. The molecule has 4 heteroatoms. The summed E-state index contributed by atoms with van der Waals surface area (Å²) < 4.78 is 0. The molecule has 0 heterocycles. The second kappa shape index (κ2) is 12.6. The van der Waals surface area contributed by atoms with E-state index in [-0.39, 0.29) is 20.4 Å². The molecule has 0 saturated carbocycles. The molecular formula is C14H30O2PPd+. The Morgan fingerprint density at radius 1 is 0.889 bits per heavy atom. The molecule has 0 rings (SSSR count). The van der Waals surface area contributed by atoms with Gasteiger partial charge in [0, 0.05) is 27.7 Å². The van der Waals surface area contributed by atoms with Gasteiger partial charge in [-0.05, 0) is 19.3 Å². The Balaban J connectivity index is 0. The average molecular weight is 368 g/mol. The third-order valence-electron chi connectivity index (χ3n) is 3.43. The Morgan fingerprint density at radius 3 is 1.44 bits per heavy atom. The molecule has 112 valence electrons. The van der Waals surface area contributed by atoms with E-state index in [1.165, 1.54) is 57.0 Å². The third-order valence-corrected chi connectivity index (χ3v) is 8.16. The zero-order valence-electron chi connectivity index (χ0n) is 12.2. The van der Waals surface area contributed by atoms with Crippen molar-refractivity contribution in [2.24, 2.45) is 0 Å². The first-order valence-corrected chi connectivity index (χ1v) is 9.70. The third kappa shape index (κ3) is 9.49. The van der Waals surface area contributed by atoms with Gasteiger partial charge < -0.3 is 5.11 Å². The van der Waals surface area contributed by atoms with Crippen molar-refractivity contribution in [3.8, 4) is 0 Å². The second-order valence-electron chi connectivity index (χ2n) is 5.12. The molecule has 0 aromatic heterocycles. The standard InChI is InChI=1S/C14H29O2P.Pd/c1-4-7-10-17(11-8-5-2,12-9-6-3)13-14(15)16;/h4-13H2,1-3H3;/p+1. The molecule has 0 aliphatic carbocycles. The van der Waals surface area contributed by atoms with Crippen LogP contribution in [0.1, 0.15) is 59.3 Å². The molecule has 1 N–H and O–H groups in total. The predicted octanol–water partition coefficient (Wildman–Crippen LogP) is 4.49. The summed E-state index contributed by atoms with van der Waals surface area (Å²) in [5.74, 6) is -0.568. The van der Waals surface area contributed by atoms with E-state index in [1.54, 1.807) is 0 Å². The molecule has 2 nitrogen and oxygen atoms in total. The Morgan fingerprint density at radius 2 is 1.22 bits per heavy atom. The van der Waals surface area contributed by atoms with Crippen molar-refractivity contribution in [3.05, 3.63) is 0 Å². The second-order valence-corrected chi connectivity index (χ2v) is 9.47. The molecule has 0 bridgehead atoms. The normalized spacial score (nSPS) is 11.1. The van der Waals surface area contributed by atoms with Crippen LogP contribution >= 0.6 is 7.26 Å². The first-order chi connectivity index (χ1) is 8.10. The molecule has 0 aliphatic heterocycles. The van der Waals surface area contributed by atoms with Gasteiger partial charge >= 0.3 is 5.97 Å². The molecule has 0 radical (unpaired) electrons. The van der Waals surface area contributed by atoms with Gasteiger partial charge in [-0.3, -0.25) is 0 Å². The topological polar surface area (TPSA) is 37.3 Å². The summed E-state index contributed by atoms with van der Waals surface area (Å²) in [6, 6.07) is 0. The van der Waals surface area contributed by atoms with Crippen molar-refractivity contribution < 1.29 is 30.3 Å². The van der Waals surface area contributed by atoms with Crippen LogP contribution in [0.2, 0.25) is 0 Å². The summed E-state index contributed by atoms with van der Waals surface area (Å²) in [6.07, 6.45) is 11.3. The van der Waals surface area contributed by atoms with Gasteiger partial charge in [-0.15, -0.1) is 0 Å². The van der Waals surface area contributed by atoms with Crippen LogP contribution in [0.25, 0.3) is 0 Å². The number of carbonyl (C=O) groups is 1. The van der Waals surface area contributed by atoms with Crippen molar-refractivity contribution in [1.82, 2.24) is 0 Å². The van der Waals surface area contributed by atoms with E-state index in [0.717, 1.165) is 0 Å². The fourth-order valence-electron chi connectivity index (χ4n) is 2.34. The fourth-order valence-corrected chi connectivity index (χ4v) is 7.02. The van der Waals surface area contributed by atoms with Gasteiger partial charge in [0.2, 0.25) is 0 Å². The average Bonchev–Trinajstić information content (AvgIpc) is 2.30. The van der Waals surface area contributed by atoms with Crippen LogP contribution in [-0.4, -0.2) is 35.7 Å². The maximum absolute atomic E-state index is 11.1. The summed E-state index contributed by atoms with van der Waals surface area (Å²) in [7, 11) is -1.20. The summed E-state index contributed by atoms with van der Waals surface area (Å²) in [4.78, 5) is 11.1. The van der Waals surface area contributed by atoms with Crippen LogP contribution in [-0.2, 0) is 25.2 Å². The Labute approximate surface area is 127 Å². The van der Waals surface area contributed by atoms with Crippen LogP contribution in [0, 0.1) is 0 Å². The first kappa shape index (κ1) is 20.9. The molecular weight excluding hydrogens is 338 g/mol. The quantitative estimate of drug-likeness (QED) is 0.431. The zero-order chi connectivity index (χ0) is 13.1. The van der Waals surface area contributed by atoms with E-state index in [0.29, 0.717) is 6.16 Å². The van der Waals surface area contributed by atoms with Gasteiger partial charge in [0.15, 0.2) is 6.16 Å². The van der Waals surface area contributed by atoms with Crippen molar-refractivity contribution >= 4 is 13.2 Å². The molecule has 0 amide bonds. The molecule has 0 unspecified atom stereocenters. The van der Waals surface area contributed by atoms with E-state index >= 15 is 0 Å².